The van der Waals surface area contributed by atoms with Crippen molar-refractivity contribution in [1.29, 1.82) is 0 Å². The molecule has 118 valence electrons. The van der Waals surface area contributed by atoms with Crippen molar-refractivity contribution in [3.63, 3.8) is 0 Å². The standard InChI is InChI=1S/C15H24N2O2S2/c1-3-11-8-9-12(10-13(11)16)21(18,19)17-14-6-5-7-15(14)20-4-2/h8-10,14-15,17H,3-7,16H2,1-2H3. The number of hydrogen-bond donors (Lipinski definition) is 2. The van der Waals surface area contributed by atoms with Crippen LogP contribution < -0.4 is 10.5 Å². The van der Waals surface area contributed by atoms with Gasteiger partial charge in [-0.2, -0.15) is 11.8 Å². The maximum atomic E-state index is 12.5. The van der Waals surface area contributed by atoms with Crippen LogP contribution in [0.25, 0.3) is 0 Å². The predicted octanol–water partition coefficient (Wildman–Crippen LogP) is 2.78. The van der Waals surface area contributed by atoms with Gasteiger partial charge >= 0.3 is 0 Å². The third-order valence-electron chi connectivity index (χ3n) is 3.95. The first kappa shape index (κ1) is 16.6. The van der Waals surface area contributed by atoms with Gasteiger partial charge in [0.2, 0.25) is 10.0 Å². The summed E-state index contributed by atoms with van der Waals surface area (Å²) in [6.07, 6.45) is 3.89. The zero-order chi connectivity index (χ0) is 15.5. The van der Waals surface area contributed by atoms with E-state index in [0.717, 1.165) is 37.0 Å². The largest absolute Gasteiger partial charge is 0.398 e. The van der Waals surface area contributed by atoms with Crippen LogP contribution in [-0.4, -0.2) is 25.5 Å². The predicted molar refractivity (Wildman–Crippen MR) is 90.1 cm³/mol. The number of aryl methyl sites for hydroxylation is 1. The summed E-state index contributed by atoms with van der Waals surface area (Å²) in [6, 6.07) is 5.05. The van der Waals surface area contributed by atoms with Gasteiger partial charge in [0.05, 0.1) is 4.90 Å². The molecule has 1 aliphatic carbocycles. The van der Waals surface area contributed by atoms with Crippen LogP contribution in [-0.2, 0) is 16.4 Å². The van der Waals surface area contributed by atoms with Crippen molar-refractivity contribution in [2.75, 3.05) is 11.5 Å². The number of benzene rings is 1. The number of nitrogen functional groups attached to an aromatic ring is 1. The normalized spacial score (nSPS) is 22.6. The van der Waals surface area contributed by atoms with Crippen molar-refractivity contribution in [1.82, 2.24) is 4.72 Å². The van der Waals surface area contributed by atoms with Gasteiger partial charge in [0.1, 0.15) is 0 Å². The maximum Gasteiger partial charge on any atom is 0.240 e. The molecular weight excluding hydrogens is 304 g/mol. The molecule has 2 unspecified atom stereocenters. The van der Waals surface area contributed by atoms with Gasteiger partial charge in [-0.1, -0.05) is 26.3 Å². The fraction of sp³-hybridized carbons (Fsp3) is 0.600. The molecule has 0 spiro atoms. The topological polar surface area (TPSA) is 72.2 Å². The van der Waals surface area contributed by atoms with Crippen molar-refractivity contribution >= 4 is 27.5 Å². The average Bonchev–Trinajstić information content (AvgIpc) is 2.86. The fourth-order valence-electron chi connectivity index (χ4n) is 2.80. The summed E-state index contributed by atoms with van der Waals surface area (Å²) in [7, 11) is -3.49. The molecule has 21 heavy (non-hydrogen) atoms. The Balaban J connectivity index is 2.16. The molecule has 0 aliphatic heterocycles. The van der Waals surface area contributed by atoms with E-state index in [0.29, 0.717) is 10.9 Å². The molecule has 3 N–H and O–H groups in total. The Labute approximate surface area is 131 Å². The lowest BCUT2D eigenvalue weighted by atomic mass is 10.1. The van der Waals surface area contributed by atoms with Gasteiger partial charge in [0, 0.05) is 17.0 Å². The van der Waals surface area contributed by atoms with Gasteiger partial charge in [0.25, 0.3) is 0 Å². The molecule has 2 atom stereocenters. The van der Waals surface area contributed by atoms with E-state index in [-0.39, 0.29) is 10.9 Å². The smallest absolute Gasteiger partial charge is 0.240 e. The van der Waals surface area contributed by atoms with Gasteiger partial charge in [-0.3, -0.25) is 0 Å². The molecular formula is C15H24N2O2S2. The Kier molecular flexibility index (Phi) is 5.57. The van der Waals surface area contributed by atoms with Gasteiger partial charge in [-0.05, 0) is 42.7 Å². The number of nitrogens with one attached hydrogen (secondary N) is 1. The zero-order valence-corrected chi connectivity index (χ0v) is 14.3. The van der Waals surface area contributed by atoms with Crippen LogP contribution in [0.15, 0.2) is 23.1 Å². The summed E-state index contributed by atoms with van der Waals surface area (Å²) >= 11 is 1.84. The van der Waals surface area contributed by atoms with Crippen LogP contribution in [0.4, 0.5) is 5.69 Å². The van der Waals surface area contributed by atoms with Crippen molar-refractivity contribution in [2.45, 2.75) is 55.7 Å². The summed E-state index contributed by atoms with van der Waals surface area (Å²) in [5.41, 5.74) is 7.44. The van der Waals surface area contributed by atoms with Crippen LogP contribution in [0.1, 0.15) is 38.7 Å². The molecule has 0 aromatic heterocycles. The second-order valence-electron chi connectivity index (χ2n) is 5.37. The molecule has 6 heteroatoms. The molecule has 1 aromatic rings. The van der Waals surface area contributed by atoms with Crippen LogP contribution in [0.2, 0.25) is 0 Å². The number of sulfonamides is 1. The van der Waals surface area contributed by atoms with E-state index >= 15 is 0 Å². The van der Waals surface area contributed by atoms with E-state index in [4.69, 9.17) is 5.73 Å². The lowest BCUT2D eigenvalue weighted by molar-refractivity contribution is 0.555. The van der Waals surface area contributed by atoms with Crippen molar-refractivity contribution in [3.05, 3.63) is 23.8 Å². The lowest BCUT2D eigenvalue weighted by Gasteiger charge is -2.20. The Morgan fingerprint density at radius 2 is 2.10 bits per heavy atom. The first-order valence-corrected chi connectivity index (χ1v) is 10.0. The van der Waals surface area contributed by atoms with E-state index in [1.54, 1.807) is 18.2 Å². The molecule has 1 saturated carbocycles. The Morgan fingerprint density at radius 1 is 1.33 bits per heavy atom. The summed E-state index contributed by atoms with van der Waals surface area (Å²) in [5.74, 6) is 1.01. The number of anilines is 1. The third-order valence-corrected chi connectivity index (χ3v) is 6.76. The molecule has 2 rings (SSSR count). The summed E-state index contributed by atoms with van der Waals surface area (Å²) < 4.78 is 27.9. The van der Waals surface area contributed by atoms with Gasteiger partial charge in [-0.25, -0.2) is 13.1 Å². The molecule has 4 nitrogen and oxygen atoms in total. The van der Waals surface area contributed by atoms with Crippen LogP contribution in [0.3, 0.4) is 0 Å². The highest BCUT2D eigenvalue weighted by Gasteiger charge is 2.31. The van der Waals surface area contributed by atoms with E-state index in [9.17, 15) is 8.42 Å². The molecule has 1 fully saturated rings. The Hall–Kier alpha value is -0.720. The number of nitrogens with two attached hydrogens (primary N) is 1. The Morgan fingerprint density at radius 3 is 2.71 bits per heavy atom. The maximum absolute atomic E-state index is 12.5. The van der Waals surface area contributed by atoms with Gasteiger partial charge < -0.3 is 5.73 Å². The summed E-state index contributed by atoms with van der Waals surface area (Å²) in [6.45, 7) is 4.11. The monoisotopic (exact) mass is 328 g/mol. The zero-order valence-electron chi connectivity index (χ0n) is 12.6. The van der Waals surface area contributed by atoms with Crippen molar-refractivity contribution in [3.8, 4) is 0 Å². The van der Waals surface area contributed by atoms with E-state index < -0.39 is 10.0 Å². The average molecular weight is 329 g/mol. The van der Waals surface area contributed by atoms with E-state index in [1.165, 1.54) is 0 Å². The quantitative estimate of drug-likeness (QED) is 0.788. The summed E-state index contributed by atoms with van der Waals surface area (Å²) in [5, 5.41) is 0.386. The number of hydrogen-bond acceptors (Lipinski definition) is 4. The fourth-order valence-corrected chi connectivity index (χ4v) is 5.43. The Bertz CT molecular complexity index is 587. The highest BCUT2D eigenvalue weighted by Crippen LogP contribution is 2.31. The first-order chi connectivity index (χ1) is 9.97. The molecule has 0 heterocycles. The molecule has 0 radical (unpaired) electrons. The molecule has 1 aromatic carbocycles. The SMILES string of the molecule is CCSC1CCCC1NS(=O)(=O)c1ccc(CC)c(N)c1. The molecule has 0 saturated heterocycles. The highest BCUT2D eigenvalue weighted by molar-refractivity contribution is 8.00. The van der Waals surface area contributed by atoms with Crippen LogP contribution in [0.5, 0.6) is 0 Å². The van der Waals surface area contributed by atoms with Gasteiger partial charge in [0.15, 0.2) is 0 Å². The molecule has 0 bridgehead atoms. The van der Waals surface area contributed by atoms with E-state index in [1.807, 2.05) is 18.7 Å². The first-order valence-electron chi connectivity index (χ1n) is 7.50. The lowest BCUT2D eigenvalue weighted by Crippen LogP contribution is -2.38. The van der Waals surface area contributed by atoms with Crippen molar-refractivity contribution in [2.24, 2.45) is 0 Å². The van der Waals surface area contributed by atoms with Crippen molar-refractivity contribution < 1.29 is 8.42 Å². The molecule has 0 amide bonds. The second-order valence-corrected chi connectivity index (χ2v) is 8.60. The highest BCUT2D eigenvalue weighted by atomic mass is 32.2. The van der Waals surface area contributed by atoms with Gasteiger partial charge in [-0.15, -0.1) is 0 Å². The summed E-state index contributed by atoms with van der Waals surface area (Å²) in [4.78, 5) is 0.268. The van der Waals surface area contributed by atoms with E-state index in [2.05, 4.69) is 11.6 Å². The molecule has 1 aliphatic rings. The number of thioether (sulfide) groups is 1. The second kappa shape index (κ2) is 7.03. The minimum absolute atomic E-state index is 0.0343. The minimum Gasteiger partial charge on any atom is -0.398 e. The van der Waals surface area contributed by atoms with Crippen LogP contribution >= 0.6 is 11.8 Å². The minimum atomic E-state index is -3.49. The number of rotatable bonds is 6. The third kappa shape index (κ3) is 3.93. The van der Waals surface area contributed by atoms with Crippen LogP contribution in [0, 0.1) is 0 Å².